The van der Waals surface area contributed by atoms with Crippen LogP contribution in [-0.4, -0.2) is 31.5 Å². The van der Waals surface area contributed by atoms with Crippen molar-refractivity contribution >= 4 is 23.4 Å². The van der Waals surface area contributed by atoms with E-state index < -0.39 is 5.41 Å². The average Bonchev–Trinajstić information content (AvgIpc) is 3.56. The SMILES string of the molecule is COc1cc(C2(C(=O)Nc3cccc(CSC4CCOCC4)c3)CC2)ccc1C. The van der Waals surface area contributed by atoms with Crippen molar-refractivity contribution in [3.63, 3.8) is 0 Å². The fraction of sp³-hybridized carbons (Fsp3) is 0.458. The van der Waals surface area contributed by atoms with Crippen LogP contribution in [0.1, 0.15) is 42.4 Å². The van der Waals surface area contributed by atoms with Gasteiger partial charge in [-0.1, -0.05) is 24.3 Å². The van der Waals surface area contributed by atoms with Gasteiger partial charge in [0.05, 0.1) is 12.5 Å². The number of hydrogen-bond acceptors (Lipinski definition) is 4. The zero-order valence-electron chi connectivity index (χ0n) is 17.2. The van der Waals surface area contributed by atoms with Crippen LogP contribution in [-0.2, 0) is 20.7 Å². The Kier molecular flexibility index (Phi) is 6.16. The lowest BCUT2D eigenvalue weighted by Gasteiger charge is -2.21. The smallest absolute Gasteiger partial charge is 0.235 e. The van der Waals surface area contributed by atoms with Crippen molar-refractivity contribution in [3.8, 4) is 5.75 Å². The quantitative estimate of drug-likeness (QED) is 0.690. The van der Waals surface area contributed by atoms with Gasteiger partial charge in [0.1, 0.15) is 5.75 Å². The van der Waals surface area contributed by atoms with E-state index in [0.29, 0.717) is 5.25 Å². The molecule has 2 aromatic carbocycles. The van der Waals surface area contributed by atoms with Crippen molar-refractivity contribution < 1.29 is 14.3 Å². The number of benzene rings is 2. The zero-order chi connectivity index (χ0) is 20.3. The third-order valence-corrected chi connectivity index (χ3v) is 7.43. The molecule has 0 radical (unpaired) electrons. The van der Waals surface area contributed by atoms with Crippen molar-refractivity contribution in [3.05, 3.63) is 59.2 Å². The maximum atomic E-state index is 13.1. The van der Waals surface area contributed by atoms with E-state index in [0.717, 1.165) is 67.2 Å². The Morgan fingerprint density at radius 3 is 2.72 bits per heavy atom. The van der Waals surface area contributed by atoms with E-state index in [1.165, 1.54) is 5.56 Å². The van der Waals surface area contributed by atoms with Crippen LogP contribution in [0.5, 0.6) is 5.75 Å². The number of nitrogens with one attached hydrogen (secondary N) is 1. The molecule has 0 unspecified atom stereocenters. The summed E-state index contributed by atoms with van der Waals surface area (Å²) in [7, 11) is 1.68. The molecule has 1 amide bonds. The Hall–Kier alpha value is -1.98. The molecule has 2 aromatic rings. The van der Waals surface area contributed by atoms with Crippen LogP contribution in [0.3, 0.4) is 0 Å². The summed E-state index contributed by atoms with van der Waals surface area (Å²) in [5.74, 6) is 1.89. The molecule has 0 atom stereocenters. The van der Waals surface area contributed by atoms with E-state index in [1.54, 1.807) is 7.11 Å². The van der Waals surface area contributed by atoms with Crippen LogP contribution in [0.25, 0.3) is 0 Å². The molecule has 1 aliphatic heterocycles. The van der Waals surface area contributed by atoms with Gasteiger partial charge in [0, 0.05) is 29.9 Å². The molecule has 4 rings (SSSR count). The van der Waals surface area contributed by atoms with Gasteiger partial charge < -0.3 is 14.8 Å². The highest BCUT2D eigenvalue weighted by Gasteiger charge is 2.51. The van der Waals surface area contributed by atoms with Gasteiger partial charge in [0.2, 0.25) is 5.91 Å². The summed E-state index contributed by atoms with van der Waals surface area (Å²) < 4.78 is 10.9. The highest BCUT2D eigenvalue weighted by Crippen LogP contribution is 2.50. The number of aryl methyl sites for hydroxylation is 1. The highest BCUT2D eigenvalue weighted by atomic mass is 32.2. The van der Waals surface area contributed by atoms with Gasteiger partial charge >= 0.3 is 0 Å². The van der Waals surface area contributed by atoms with E-state index in [9.17, 15) is 4.79 Å². The van der Waals surface area contributed by atoms with E-state index in [2.05, 4.69) is 23.5 Å². The number of anilines is 1. The maximum Gasteiger partial charge on any atom is 0.235 e. The fourth-order valence-electron chi connectivity index (χ4n) is 3.94. The first-order valence-electron chi connectivity index (χ1n) is 10.4. The molecule has 1 N–H and O–H groups in total. The van der Waals surface area contributed by atoms with Gasteiger partial charge in [-0.2, -0.15) is 11.8 Å². The normalized spacial score (nSPS) is 18.3. The van der Waals surface area contributed by atoms with E-state index in [-0.39, 0.29) is 5.91 Å². The summed E-state index contributed by atoms with van der Waals surface area (Å²) in [6, 6.07) is 14.4. The van der Waals surface area contributed by atoms with Gasteiger partial charge in [-0.15, -0.1) is 0 Å². The molecule has 2 fully saturated rings. The summed E-state index contributed by atoms with van der Waals surface area (Å²) in [4.78, 5) is 13.1. The first-order chi connectivity index (χ1) is 14.1. The number of amides is 1. The lowest BCUT2D eigenvalue weighted by molar-refractivity contribution is -0.118. The maximum absolute atomic E-state index is 13.1. The lowest BCUT2D eigenvalue weighted by atomic mass is 9.93. The van der Waals surface area contributed by atoms with Gasteiger partial charge in [-0.25, -0.2) is 0 Å². The van der Waals surface area contributed by atoms with Crippen molar-refractivity contribution in [2.45, 2.75) is 49.0 Å². The number of thioether (sulfide) groups is 1. The van der Waals surface area contributed by atoms with Gasteiger partial charge in [0.25, 0.3) is 0 Å². The number of hydrogen-bond donors (Lipinski definition) is 1. The molecule has 1 saturated carbocycles. The lowest BCUT2D eigenvalue weighted by Crippen LogP contribution is -2.27. The number of carbonyl (C=O) groups excluding carboxylic acids is 1. The Morgan fingerprint density at radius 2 is 2.00 bits per heavy atom. The minimum Gasteiger partial charge on any atom is -0.496 e. The third kappa shape index (κ3) is 4.62. The summed E-state index contributed by atoms with van der Waals surface area (Å²) in [6.45, 7) is 3.77. The summed E-state index contributed by atoms with van der Waals surface area (Å²) in [5.41, 5.74) is 3.84. The molecule has 1 saturated heterocycles. The standard InChI is InChI=1S/C24H29NO3S/c1-17-6-7-19(15-22(17)27-2)24(10-11-24)23(26)25-20-5-3-4-18(14-20)16-29-21-8-12-28-13-9-21/h3-7,14-15,21H,8-13,16H2,1-2H3,(H,25,26). The number of rotatable bonds is 7. The van der Waals surface area contributed by atoms with Crippen molar-refractivity contribution in [2.24, 2.45) is 0 Å². The Labute approximate surface area is 177 Å². The molecular weight excluding hydrogens is 382 g/mol. The van der Waals surface area contributed by atoms with E-state index >= 15 is 0 Å². The topological polar surface area (TPSA) is 47.6 Å². The number of methoxy groups -OCH3 is 1. The summed E-state index contributed by atoms with van der Waals surface area (Å²) in [6.07, 6.45) is 4.02. The molecule has 4 nitrogen and oxygen atoms in total. The van der Waals surface area contributed by atoms with Crippen molar-refractivity contribution in [2.75, 3.05) is 25.6 Å². The second-order valence-electron chi connectivity index (χ2n) is 8.04. The van der Waals surface area contributed by atoms with Crippen LogP contribution in [0, 0.1) is 6.92 Å². The predicted molar refractivity (Wildman–Crippen MR) is 119 cm³/mol. The molecule has 1 heterocycles. The molecule has 154 valence electrons. The zero-order valence-corrected chi connectivity index (χ0v) is 18.0. The van der Waals surface area contributed by atoms with Crippen molar-refractivity contribution in [1.29, 1.82) is 0 Å². The minimum atomic E-state index is -0.423. The van der Waals surface area contributed by atoms with Crippen LogP contribution >= 0.6 is 11.8 Å². The molecule has 29 heavy (non-hydrogen) atoms. The molecular formula is C24H29NO3S. The average molecular weight is 412 g/mol. The molecule has 0 aromatic heterocycles. The summed E-state index contributed by atoms with van der Waals surface area (Å²) in [5, 5.41) is 3.84. The minimum absolute atomic E-state index is 0.0811. The van der Waals surface area contributed by atoms with Crippen LogP contribution in [0.15, 0.2) is 42.5 Å². The Morgan fingerprint density at radius 1 is 1.21 bits per heavy atom. The fourth-order valence-corrected chi connectivity index (χ4v) is 5.07. The van der Waals surface area contributed by atoms with Crippen LogP contribution < -0.4 is 10.1 Å². The first-order valence-corrected chi connectivity index (χ1v) is 11.4. The number of carbonyl (C=O) groups is 1. The van der Waals surface area contributed by atoms with Gasteiger partial charge in [-0.05, 0) is 67.5 Å². The molecule has 2 aliphatic rings. The first kappa shape index (κ1) is 20.3. The summed E-state index contributed by atoms with van der Waals surface area (Å²) >= 11 is 1.99. The second-order valence-corrected chi connectivity index (χ2v) is 9.33. The van der Waals surface area contributed by atoms with Crippen LogP contribution in [0.4, 0.5) is 5.69 Å². The Balaban J connectivity index is 1.41. The van der Waals surface area contributed by atoms with Crippen molar-refractivity contribution in [1.82, 2.24) is 0 Å². The molecule has 1 aliphatic carbocycles. The molecule has 0 bridgehead atoms. The monoisotopic (exact) mass is 411 g/mol. The largest absolute Gasteiger partial charge is 0.496 e. The Bertz CT molecular complexity index is 872. The molecule has 5 heteroatoms. The van der Waals surface area contributed by atoms with Crippen LogP contribution in [0.2, 0.25) is 0 Å². The van der Waals surface area contributed by atoms with E-state index in [1.807, 2.05) is 43.0 Å². The number of ether oxygens (including phenoxy) is 2. The predicted octanol–water partition coefficient (Wildman–Crippen LogP) is 5.09. The highest BCUT2D eigenvalue weighted by molar-refractivity contribution is 7.99. The third-order valence-electron chi connectivity index (χ3n) is 5.98. The van der Waals surface area contributed by atoms with E-state index in [4.69, 9.17) is 9.47 Å². The molecule has 0 spiro atoms. The van der Waals surface area contributed by atoms with Gasteiger partial charge in [0.15, 0.2) is 0 Å². The second kappa shape index (κ2) is 8.80. The van der Waals surface area contributed by atoms with Gasteiger partial charge in [-0.3, -0.25) is 4.79 Å².